The minimum Gasteiger partial charge on any atom is -0.455 e. The van der Waals surface area contributed by atoms with E-state index in [0.29, 0.717) is 17.3 Å². The second kappa shape index (κ2) is 4.15. The molecule has 1 spiro atoms. The van der Waals surface area contributed by atoms with Gasteiger partial charge in [-0.1, -0.05) is 6.58 Å². The van der Waals surface area contributed by atoms with E-state index in [2.05, 4.69) is 6.58 Å². The molecule has 0 radical (unpaired) electrons. The van der Waals surface area contributed by atoms with Crippen molar-refractivity contribution in [1.29, 1.82) is 0 Å². The van der Waals surface area contributed by atoms with E-state index < -0.39 is 23.3 Å². The zero-order chi connectivity index (χ0) is 16.8. The van der Waals surface area contributed by atoms with E-state index in [1.165, 1.54) is 19.3 Å². The summed E-state index contributed by atoms with van der Waals surface area (Å²) in [6.07, 6.45) is 2.08. The molecule has 23 heavy (non-hydrogen) atoms. The first kappa shape index (κ1) is 15.5. The molecule has 5 atom stereocenters. The van der Waals surface area contributed by atoms with E-state index in [4.69, 9.17) is 4.74 Å². The van der Waals surface area contributed by atoms with Gasteiger partial charge < -0.3 is 4.74 Å². The summed E-state index contributed by atoms with van der Waals surface area (Å²) in [7, 11) is 0. The minimum absolute atomic E-state index is 0.159. The number of rotatable bonds is 3. The largest absolute Gasteiger partial charge is 0.455 e. The molecule has 0 aliphatic heterocycles. The molecule has 0 amide bonds. The molecule has 4 saturated carbocycles. The quantitative estimate of drug-likeness (QED) is 0.557. The Morgan fingerprint density at radius 2 is 1.83 bits per heavy atom. The molecular weight excluding hydrogens is 305 g/mol. The molecule has 0 heterocycles. The molecular formula is C18H23F3O2. The first-order valence-corrected chi connectivity index (χ1v) is 8.49. The van der Waals surface area contributed by atoms with Crippen molar-refractivity contribution in [2.24, 2.45) is 28.6 Å². The fourth-order valence-electron chi connectivity index (χ4n) is 6.58. The summed E-state index contributed by atoms with van der Waals surface area (Å²) in [5.74, 6) is 0.829. The Bertz CT molecular complexity index is 590. The van der Waals surface area contributed by atoms with Crippen molar-refractivity contribution in [1.82, 2.24) is 0 Å². The van der Waals surface area contributed by atoms with Crippen LogP contribution in [0.1, 0.15) is 52.4 Å². The SMILES string of the molecule is C=C(C(=O)OC(C)(C)C12CC3CC4CC(C1)C4(C3)C2)C(F)(F)F. The van der Waals surface area contributed by atoms with E-state index in [0.717, 1.165) is 25.2 Å². The number of hydrogen-bond donors (Lipinski definition) is 0. The summed E-state index contributed by atoms with van der Waals surface area (Å²) in [4.78, 5) is 11.9. The predicted octanol–water partition coefficient (Wildman–Crippen LogP) is 4.64. The highest BCUT2D eigenvalue weighted by Crippen LogP contribution is 2.80. The smallest absolute Gasteiger partial charge is 0.422 e. The van der Waals surface area contributed by atoms with E-state index >= 15 is 0 Å². The molecule has 0 N–H and O–H groups in total. The third-order valence-electron chi connectivity index (χ3n) is 7.68. The van der Waals surface area contributed by atoms with Crippen LogP contribution >= 0.6 is 0 Å². The van der Waals surface area contributed by atoms with Crippen molar-refractivity contribution in [2.75, 3.05) is 0 Å². The highest BCUT2D eigenvalue weighted by atomic mass is 19.4. The highest BCUT2D eigenvalue weighted by Gasteiger charge is 2.74. The second-order valence-corrected chi connectivity index (χ2v) is 8.91. The molecule has 128 valence electrons. The minimum atomic E-state index is -4.73. The van der Waals surface area contributed by atoms with Crippen LogP contribution in [0.4, 0.5) is 13.2 Å². The van der Waals surface area contributed by atoms with Gasteiger partial charge in [0.05, 0.1) is 0 Å². The van der Waals surface area contributed by atoms with Crippen molar-refractivity contribution >= 4 is 5.97 Å². The average molecular weight is 328 g/mol. The lowest BCUT2D eigenvalue weighted by Gasteiger charge is -2.50. The Morgan fingerprint density at radius 1 is 1.13 bits per heavy atom. The van der Waals surface area contributed by atoms with Crippen LogP contribution in [0, 0.1) is 28.6 Å². The van der Waals surface area contributed by atoms with Crippen LogP contribution in [0.15, 0.2) is 12.2 Å². The molecule has 5 heteroatoms. The van der Waals surface area contributed by atoms with Crippen molar-refractivity contribution in [3.63, 3.8) is 0 Å². The van der Waals surface area contributed by atoms with Gasteiger partial charge in [-0.3, -0.25) is 0 Å². The zero-order valence-corrected chi connectivity index (χ0v) is 13.6. The molecule has 2 nitrogen and oxygen atoms in total. The van der Waals surface area contributed by atoms with Gasteiger partial charge in [-0.05, 0) is 75.5 Å². The van der Waals surface area contributed by atoms with Crippen LogP contribution in [0.2, 0.25) is 0 Å². The first-order chi connectivity index (χ1) is 10.5. The first-order valence-electron chi connectivity index (χ1n) is 8.49. The molecule has 4 rings (SSSR count). The Balaban J connectivity index is 1.58. The molecule has 4 fully saturated rings. The Kier molecular flexibility index (Phi) is 2.80. The third kappa shape index (κ3) is 1.85. The van der Waals surface area contributed by atoms with E-state index in [1.807, 2.05) is 0 Å². The van der Waals surface area contributed by atoms with Gasteiger partial charge in [0.1, 0.15) is 11.2 Å². The molecule has 0 saturated heterocycles. The number of carbonyl (C=O) groups is 1. The maximum absolute atomic E-state index is 12.7. The van der Waals surface area contributed by atoms with Gasteiger partial charge in [-0.2, -0.15) is 13.2 Å². The van der Waals surface area contributed by atoms with Gasteiger partial charge in [-0.25, -0.2) is 4.79 Å². The van der Waals surface area contributed by atoms with Crippen molar-refractivity contribution in [3.05, 3.63) is 12.2 Å². The Hall–Kier alpha value is -1.00. The fourth-order valence-corrected chi connectivity index (χ4v) is 6.58. The van der Waals surface area contributed by atoms with Gasteiger partial charge in [0.2, 0.25) is 0 Å². The summed E-state index contributed by atoms with van der Waals surface area (Å²) in [5.41, 5.74) is -2.03. The molecule has 0 aromatic rings. The molecule has 5 unspecified atom stereocenters. The second-order valence-electron chi connectivity index (χ2n) is 8.91. The van der Waals surface area contributed by atoms with Crippen LogP contribution in [-0.2, 0) is 9.53 Å². The number of halogens is 3. The molecule has 4 aliphatic carbocycles. The number of carbonyl (C=O) groups excluding carboxylic acids is 1. The fraction of sp³-hybridized carbons (Fsp3) is 0.833. The molecule has 4 aliphatic rings. The van der Waals surface area contributed by atoms with Gasteiger partial charge in [0.25, 0.3) is 0 Å². The number of ether oxygens (including phenoxy) is 1. The van der Waals surface area contributed by atoms with Gasteiger partial charge in [0, 0.05) is 5.41 Å². The maximum Gasteiger partial charge on any atom is 0.422 e. The van der Waals surface area contributed by atoms with E-state index in [1.54, 1.807) is 13.8 Å². The lowest BCUT2D eigenvalue weighted by atomic mass is 9.55. The average Bonchev–Trinajstić information content (AvgIpc) is 2.72. The summed E-state index contributed by atoms with van der Waals surface area (Å²) < 4.78 is 43.5. The standard InChI is InChI=1S/C18H23F3O2/c1-10(18(19,20)21)14(22)23-15(2,3)16-6-11-4-12-5-13(8-16)17(12,7-11)9-16/h11-13H,1,4-9H2,2-3H3. The molecule has 0 aromatic heterocycles. The van der Waals surface area contributed by atoms with Crippen molar-refractivity contribution < 1.29 is 22.7 Å². The normalized spacial score (nSPS) is 44.0. The third-order valence-corrected chi connectivity index (χ3v) is 7.68. The van der Waals surface area contributed by atoms with Crippen molar-refractivity contribution in [2.45, 2.75) is 64.1 Å². The number of esters is 1. The van der Waals surface area contributed by atoms with Crippen LogP contribution in [-0.4, -0.2) is 17.7 Å². The predicted molar refractivity (Wildman–Crippen MR) is 78.4 cm³/mol. The number of hydrogen-bond acceptors (Lipinski definition) is 2. The Labute approximate surface area is 134 Å². The van der Waals surface area contributed by atoms with Crippen LogP contribution in [0.3, 0.4) is 0 Å². The summed E-state index contributed by atoms with van der Waals surface area (Å²) >= 11 is 0. The lowest BCUT2D eigenvalue weighted by Crippen LogP contribution is -2.49. The van der Waals surface area contributed by atoms with Crippen LogP contribution in [0.5, 0.6) is 0 Å². The van der Waals surface area contributed by atoms with Gasteiger partial charge >= 0.3 is 12.1 Å². The number of alkyl halides is 3. The lowest BCUT2D eigenvalue weighted by molar-refractivity contribution is -0.178. The highest BCUT2D eigenvalue weighted by molar-refractivity contribution is 5.89. The topological polar surface area (TPSA) is 26.3 Å². The Morgan fingerprint density at radius 3 is 2.48 bits per heavy atom. The van der Waals surface area contributed by atoms with E-state index in [-0.39, 0.29) is 5.41 Å². The molecule has 0 aromatic carbocycles. The summed E-state index contributed by atoms with van der Waals surface area (Å²) in [6, 6.07) is 0. The van der Waals surface area contributed by atoms with Crippen LogP contribution < -0.4 is 0 Å². The summed E-state index contributed by atoms with van der Waals surface area (Å²) in [5, 5.41) is 0. The van der Waals surface area contributed by atoms with Crippen molar-refractivity contribution in [3.8, 4) is 0 Å². The number of fused-ring (bicyclic) bond motifs is 2. The van der Waals surface area contributed by atoms with E-state index in [9.17, 15) is 18.0 Å². The summed E-state index contributed by atoms with van der Waals surface area (Å²) in [6.45, 7) is 6.48. The maximum atomic E-state index is 12.7. The van der Waals surface area contributed by atoms with Gasteiger partial charge in [0.15, 0.2) is 0 Å². The van der Waals surface area contributed by atoms with Crippen LogP contribution in [0.25, 0.3) is 0 Å². The molecule has 3 bridgehead atoms. The zero-order valence-electron chi connectivity index (χ0n) is 13.6. The van der Waals surface area contributed by atoms with Gasteiger partial charge in [-0.15, -0.1) is 0 Å². The monoisotopic (exact) mass is 328 g/mol.